The molecule has 0 bridgehead atoms. The molecule has 9 heavy (non-hydrogen) atoms. The van der Waals surface area contributed by atoms with Crippen LogP contribution in [0.2, 0.25) is 0 Å². The van der Waals surface area contributed by atoms with E-state index in [4.69, 9.17) is 4.74 Å². The molecule has 0 aliphatic carbocycles. The van der Waals surface area contributed by atoms with Crippen LogP contribution in [-0.4, -0.2) is 17.3 Å². The van der Waals surface area contributed by atoms with Gasteiger partial charge in [0.05, 0.1) is 12.4 Å². The summed E-state index contributed by atoms with van der Waals surface area (Å²) in [5.41, 5.74) is 0. The van der Waals surface area contributed by atoms with Crippen LogP contribution in [0, 0.1) is 0 Å². The summed E-state index contributed by atoms with van der Waals surface area (Å²) >= 11 is 0. The lowest BCUT2D eigenvalue weighted by molar-refractivity contribution is -0.00306. The summed E-state index contributed by atoms with van der Waals surface area (Å²) in [7, 11) is 0. The standard InChI is InChI=1S/C7H12O2/c1-2-7-6(8)4-3-5-9-7/h3,5-8H,2,4H2,1H3/t6-,7-/m1/s1. The number of rotatable bonds is 1. The number of aliphatic hydroxyl groups is 1. The second kappa shape index (κ2) is 2.87. The van der Waals surface area contributed by atoms with E-state index in [9.17, 15) is 5.11 Å². The molecule has 0 aromatic carbocycles. The Morgan fingerprint density at radius 3 is 3.00 bits per heavy atom. The van der Waals surface area contributed by atoms with Crippen LogP contribution in [-0.2, 0) is 4.74 Å². The maximum Gasteiger partial charge on any atom is 0.124 e. The molecule has 52 valence electrons. The van der Waals surface area contributed by atoms with Crippen molar-refractivity contribution in [2.75, 3.05) is 0 Å². The second-order valence-electron chi connectivity index (χ2n) is 2.26. The summed E-state index contributed by atoms with van der Waals surface area (Å²) in [6.45, 7) is 2.01. The average Bonchev–Trinajstić information content (AvgIpc) is 1.89. The summed E-state index contributed by atoms with van der Waals surface area (Å²) in [6, 6.07) is 0. The monoisotopic (exact) mass is 128 g/mol. The minimum absolute atomic E-state index is 0.0231. The van der Waals surface area contributed by atoms with Gasteiger partial charge in [-0.2, -0.15) is 0 Å². The van der Waals surface area contributed by atoms with Crippen molar-refractivity contribution >= 4 is 0 Å². The summed E-state index contributed by atoms with van der Waals surface area (Å²) < 4.78 is 5.11. The van der Waals surface area contributed by atoms with E-state index in [0.29, 0.717) is 0 Å². The molecule has 0 aromatic heterocycles. The van der Waals surface area contributed by atoms with Gasteiger partial charge >= 0.3 is 0 Å². The first-order valence-corrected chi connectivity index (χ1v) is 3.33. The van der Waals surface area contributed by atoms with Crippen molar-refractivity contribution in [3.63, 3.8) is 0 Å². The van der Waals surface area contributed by atoms with E-state index in [0.717, 1.165) is 12.8 Å². The van der Waals surface area contributed by atoms with Gasteiger partial charge in [0.2, 0.25) is 0 Å². The van der Waals surface area contributed by atoms with E-state index >= 15 is 0 Å². The first-order valence-electron chi connectivity index (χ1n) is 3.33. The minimum atomic E-state index is -0.292. The van der Waals surface area contributed by atoms with Gasteiger partial charge in [0.1, 0.15) is 6.10 Å². The van der Waals surface area contributed by atoms with E-state index < -0.39 is 0 Å². The first kappa shape index (κ1) is 6.62. The molecule has 0 amide bonds. The fraction of sp³-hybridized carbons (Fsp3) is 0.714. The van der Waals surface area contributed by atoms with E-state index in [2.05, 4.69) is 0 Å². The maximum atomic E-state index is 9.19. The zero-order valence-electron chi connectivity index (χ0n) is 5.58. The van der Waals surface area contributed by atoms with Crippen LogP contribution in [0.5, 0.6) is 0 Å². The average molecular weight is 128 g/mol. The van der Waals surface area contributed by atoms with Gasteiger partial charge in [0.15, 0.2) is 0 Å². The molecule has 0 radical (unpaired) electrons. The quantitative estimate of drug-likeness (QED) is 0.572. The summed E-state index contributed by atoms with van der Waals surface area (Å²) in [5.74, 6) is 0. The fourth-order valence-electron chi connectivity index (χ4n) is 0.962. The van der Waals surface area contributed by atoms with Gasteiger partial charge in [-0.1, -0.05) is 6.92 Å². The smallest absolute Gasteiger partial charge is 0.124 e. The van der Waals surface area contributed by atoms with Crippen molar-refractivity contribution < 1.29 is 9.84 Å². The lowest BCUT2D eigenvalue weighted by Crippen LogP contribution is -2.28. The van der Waals surface area contributed by atoms with Gasteiger partial charge < -0.3 is 9.84 Å². The van der Waals surface area contributed by atoms with Gasteiger partial charge in [-0.15, -0.1) is 0 Å². The van der Waals surface area contributed by atoms with Crippen molar-refractivity contribution in [2.24, 2.45) is 0 Å². The van der Waals surface area contributed by atoms with Gasteiger partial charge in [-0.3, -0.25) is 0 Å². The molecule has 0 fully saturated rings. The molecule has 0 saturated heterocycles. The molecule has 1 aliphatic heterocycles. The van der Waals surface area contributed by atoms with Gasteiger partial charge in [-0.25, -0.2) is 0 Å². The highest BCUT2D eigenvalue weighted by Gasteiger charge is 2.18. The predicted octanol–water partition coefficient (Wildman–Crippen LogP) is 1.06. The molecule has 2 nitrogen and oxygen atoms in total. The molecule has 1 N–H and O–H groups in total. The molecule has 0 saturated carbocycles. The largest absolute Gasteiger partial charge is 0.496 e. The van der Waals surface area contributed by atoms with Crippen LogP contribution in [0.15, 0.2) is 12.3 Å². The van der Waals surface area contributed by atoms with E-state index in [1.165, 1.54) is 0 Å². The van der Waals surface area contributed by atoms with Crippen molar-refractivity contribution in [1.29, 1.82) is 0 Å². The predicted molar refractivity (Wildman–Crippen MR) is 34.9 cm³/mol. The molecule has 2 heteroatoms. The third-order valence-electron chi connectivity index (χ3n) is 1.56. The van der Waals surface area contributed by atoms with E-state index in [1.54, 1.807) is 6.26 Å². The number of ether oxygens (including phenoxy) is 1. The van der Waals surface area contributed by atoms with Crippen LogP contribution >= 0.6 is 0 Å². The Balaban J connectivity index is 2.43. The third kappa shape index (κ3) is 1.45. The first-order chi connectivity index (χ1) is 4.34. The van der Waals surface area contributed by atoms with Crippen LogP contribution in [0.1, 0.15) is 19.8 Å². The molecule has 1 heterocycles. The molecule has 1 rings (SSSR count). The highest BCUT2D eigenvalue weighted by molar-refractivity contribution is 4.87. The van der Waals surface area contributed by atoms with Crippen LogP contribution in [0.4, 0.5) is 0 Å². The van der Waals surface area contributed by atoms with Crippen molar-refractivity contribution in [3.8, 4) is 0 Å². The Morgan fingerprint density at radius 1 is 1.78 bits per heavy atom. The minimum Gasteiger partial charge on any atom is -0.496 e. The Bertz CT molecular complexity index is 109. The van der Waals surface area contributed by atoms with Crippen molar-refractivity contribution in [1.82, 2.24) is 0 Å². The topological polar surface area (TPSA) is 29.5 Å². The zero-order chi connectivity index (χ0) is 6.69. The molecule has 1 aliphatic rings. The van der Waals surface area contributed by atoms with Crippen LogP contribution < -0.4 is 0 Å². The molecular weight excluding hydrogens is 116 g/mol. The Kier molecular flexibility index (Phi) is 2.11. The summed E-state index contributed by atoms with van der Waals surface area (Å²) in [5, 5.41) is 9.19. The van der Waals surface area contributed by atoms with Crippen molar-refractivity contribution in [3.05, 3.63) is 12.3 Å². The highest BCUT2D eigenvalue weighted by atomic mass is 16.5. The normalized spacial score (nSPS) is 34.0. The molecule has 0 spiro atoms. The van der Waals surface area contributed by atoms with Gasteiger partial charge in [-0.05, 0) is 18.9 Å². The third-order valence-corrected chi connectivity index (χ3v) is 1.56. The summed E-state index contributed by atoms with van der Waals surface area (Å²) in [4.78, 5) is 0. The lowest BCUT2D eigenvalue weighted by Gasteiger charge is -2.23. The van der Waals surface area contributed by atoms with Gasteiger partial charge in [0, 0.05) is 0 Å². The van der Waals surface area contributed by atoms with Crippen LogP contribution in [0.25, 0.3) is 0 Å². The maximum absolute atomic E-state index is 9.19. The highest BCUT2D eigenvalue weighted by Crippen LogP contribution is 2.13. The second-order valence-corrected chi connectivity index (χ2v) is 2.26. The molecule has 0 unspecified atom stereocenters. The number of hydrogen-bond donors (Lipinski definition) is 1. The molecular formula is C7H12O2. The number of hydrogen-bond acceptors (Lipinski definition) is 2. The zero-order valence-corrected chi connectivity index (χ0v) is 5.58. The lowest BCUT2D eigenvalue weighted by atomic mass is 10.1. The molecule has 2 atom stereocenters. The van der Waals surface area contributed by atoms with E-state index in [-0.39, 0.29) is 12.2 Å². The summed E-state index contributed by atoms with van der Waals surface area (Å²) in [6.07, 6.45) is 4.86. The Labute approximate surface area is 55.1 Å². The Morgan fingerprint density at radius 2 is 2.56 bits per heavy atom. The molecule has 0 aromatic rings. The van der Waals surface area contributed by atoms with E-state index in [1.807, 2.05) is 13.0 Å². The Hall–Kier alpha value is -0.500. The van der Waals surface area contributed by atoms with Crippen LogP contribution in [0.3, 0.4) is 0 Å². The van der Waals surface area contributed by atoms with Gasteiger partial charge in [0.25, 0.3) is 0 Å². The van der Waals surface area contributed by atoms with Crippen molar-refractivity contribution in [2.45, 2.75) is 32.0 Å². The SMILES string of the molecule is CC[C@H]1OC=CC[C@H]1O. The fourth-order valence-corrected chi connectivity index (χ4v) is 0.962. The number of aliphatic hydroxyl groups excluding tert-OH is 1.